The van der Waals surface area contributed by atoms with Crippen molar-refractivity contribution in [1.82, 2.24) is 9.88 Å². The van der Waals surface area contributed by atoms with Crippen LogP contribution in [0.1, 0.15) is 19.3 Å². The van der Waals surface area contributed by atoms with E-state index in [0.29, 0.717) is 18.4 Å². The molecule has 3 N–H and O–H groups in total. The Hall–Kier alpha value is -0.830. The SMILES string of the molecule is COC(CN)CC(=O)Nc1ccc(N2CCC(N(C)C)CC2)cn1.Cl.Cl.Cl. The number of nitrogens with zero attached hydrogens (tertiary/aromatic N) is 3. The third kappa shape index (κ3) is 8.81. The van der Waals surface area contributed by atoms with Crippen LogP contribution in [0.25, 0.3) is 0 Å². The number of piperidine rings is 1. The maximum absolute atomic E-state index is 11.9. The molecule has 1 aliphatic heterocycles. The highest BCUT2D eigenvalue weighted by atomic mass is 35.5. The summed E-state index contributed by atoms with van der Waals surface area (Å²) in [5.41, 5.74) is 6.63. The molecule has 1 amide bonds. The van der Waals surface area contributed by atoms with Crippen LogP contribution in [0.3, 0.4) is 0 Å². The van der Waals surface area contributed by atoms with Crippen molar-refractivity contribution in [3.05, 3.63) is 18.3 Å². The van der Waals surface area contributed by atoms with Gasteiger partial charge in [-0.2, -0.15) is 0 Å². The Morgan fingerprint density at radius 3 is 2.41 bits per heavy atom. The van der Waals surface area contributed by atoms with Crippen LogP contribution >= 0.6 is 37.2 Å². The standard InChI is InChI=1S/C17H29N5O2.3ClH/c1-21(2)13-6-8-22(9-7-13)14-4-5-16(19-12-14)20-17(23)10-15(11-18)24-3;;;/h4-5,12-13,15H,6-11,18H2,1-3H3,(H,19,20,23);3*1H. The van der Waals surface area contributed by atoms with Crippen LogP contribution in [0, 0.1) is 0 Å². The van der Waals surface area contributed by atoms with Crippen molar-refractivity contribution in [2.24, 2.45) is 5.73 Å². The van der Waals surface area contributed by atoms with Crippen LogP contribution in [0.4, 0.5) is 11.5 Å². The largest absolute Gasteiger partial charge is 0.380 e. The lowest BCUT2D eigenvalue weighted by Crippen LogP contribution is -2.42. The molecule has 1 aliphatic rings. The van der Waals surface area contributed by atoms with Gasteiger partial charge in [-0.15, -0.1) is 37.2 Å². The molecule has 1 aromatic rings. The van der Waals surface area contributed by atoms with Gasteiger partial charge in [0.1, 0.15) is 5.82 Å². The second-order valence-electron chi connectivity index (χ2n) is 6.43. The number of amides is 1. The molecule has 1 fully saturated rings. The zero-order chi connectivity index (χ0) is 17.5. The molecule has 0 spiro atoms. The fourth-order valence-electron chi connectivity index (χ4n) is 2.95. The fraction of sp³-hybridized carbons (Fsp3) is 0.647. The smallest absolute Gasteiger partial charge is 0.228 e. The highest BCUT2D eigenvalue weighted by molar-refractivity contribution is 5.90. The summed E-state index contributed by atoms with van der Waals surface area (Å²) in [5.74, 6) is 0.415. The summed E-state index contributed by atoms with van der Waals surface area (Å²) in [6, 6.07) is 4.51. The van der Waals surface area contributed by atoms with Gasteiger partial charge in [-0.25, -0.2) is 4.98 Å². The first-order chi connectivity index (χ1) is 11.5. The number of ether oxygens (including phenoxy) is 1. The summed E-state index contributed by atoms with van der Waals surface area (Å²) in [4.78, 5) is 20.9. The van der Waals surface area contributed by atoms with Crippen LogP contribution in [-0.4, -0.2) is 68.8 Å². The number of halogens is 3. The second-order valence-corrected chi connectivity index (χ2v) is 6.43. The molecule has 0 aromatic carbocycles. The third-order valence-corrected chi connectivity index (χ3v) is 4.58. The summed E-state index contributed by atoms with van der Waals surface area (Å²) >= 11 is 0. The van der Waals surface area contributed by atoms with Gasteiger partial charge in [-0.05, 0) is 39.1 Å². The lowest BCUT2D eigenvalue weighted by atomic mass is 10.0. The number of aromatic nitrogens is 1. The fourth-order valence-corrected chi connectivity index (χ4v) is 2.95. The number of pyridine rings is 1. The van der Waals surface area contributed by atoms with Crippen molar-refractivity contribution in [2.45, 2.75) is 31.4 Å². The zero-order valence-electron chi connectivity index (χ0n) is 16.1. The van der Waals surface area contributed by atoms with Gasteiger partial charge in [-0.3, -0.25) is 4.79 Å². The average Bonchev–Trinajstić information content (AvgIpc) is 2.60. The van der Waals surface area contributed by atoms with Gasteiger partial charge in [0, 0.05) is 32.8 Å². The lowest BCUT2D eigenvalue weighted by molar-refractivity contribution is -0.118. The highest BCUT2D eigenvalue weighted by Gasteiger charge is 2.21. The Kier molecular flexibility index (Phi) is 14.9. The minimum absolute atomic E-state index is 0. The molecular weight excluding hydrogens is 413 g/mol. The van der Waals surface area contributed by atoms with Crippen LogP contribution < -0.4 is 16.0 Å². The zero-order valence-corrected chi connectivity index (χ0v) is 18.5. The van der Waals surface area contributed by atoms with Gasteiger partial charge in [0.2, 0.25) is 5.91 Å². The number of hydrogen-bond donors (Lipinski definition) is 2. The Labute approximate surface area is 180 Å². The molecule has 0 aliphatic carbocycles. The van der Waals surface area contributed by atoms with E-state index in [1.807, 2.05) is 18.3 Å². The predicted octanol–water partition coefficient (Wildman–Crippen LogP) is 2.18. The van der Waals surface area contributed by atoms with Gasteiger partial charge in [-0.1, -0.05) is 0 Å². The van der Waals surface area contributed by atoms with Gasteiger partial charge < -0.3 is 25.6 Å². The van der Waals surface area contributed by atoms with E-state index in [2.05, 4.69) is 34.2 Å². The molecule has 1 atom stereocenters. The molecule has 1 aromatic heterocycles. The van der Waals surface area contributed by atoms with Crippen LogP contribution in [-0.2, 0) is 9.53 Å². The molecule has 7 nitrogen and oxygen atoms in total. The van der Waals surface area contributed by atoms with E-state index in [4.69, 9.17) is 10.5 Å². The van der Waals surface area contributed by atoms with Gasteiger partial charge in [0.25, 0.3) is 0 Å². The lowest BCUT2D eigenvalue weighted by Gasteiger charge is -2.36. The number of methoxy groups -OCH3 is 1. The highest BCUT2D eigenvalue weighted by Crippen LogP contribution is 2.22. The maximum Gasteiger partial charge on any atom is 0.228 e. The van der Waals surface area contributed by atoms with E-state index >= 15 is 0 Å². The van der Waals surface area contributed by atoms with E-state index < -0.39 is 0 Å². The maximum atomic E-state index is 11.9. The van der Waals surface area contributed by atoms with Gasteiger partial charge in [0.05, 0.1) is 24.4 Å². The number of carbonyl (C=O) groups excluding carboxylic acids is 1. The molecule has 10 heteroatoms. The first-order valence-electron chi connectivity index (χ1n) is 8.43. The third-order valence-electron chi connectivity index (χ3n) is 4.58. The van der Waals surface area contributed by atoms with E-state index in [1.165, 1.54) is 0 Å². The second kappa shape index (κ2) is 14.2. The minimum atomic E-state index is -0.262. The Bertz CT molecular complexity index is 522. The number of rotatable bonds is 7. The Balaban J connectivity index is 0. The van der Waals surface area contributed by atoms with Crippen molar-refractivity contribution in [3.8, 4) is 0 Å². The normalized spacial score (nSPS) is 15.2. The molecule has 0 radical (unpaired) electrons. The van der Waals surface area contributed by atoms with Crippen molar-refractivity contribution in [1.29, 1.82) is 0 Å². The first kappa shape index (κ1) is 28.4. The summed E-state index contributed by atoms with van der Waals surface area (Å²) in [6.45, 7) is 2.38. The molecule has 27 heavy (non-hydrogen) atoms. The van der Waals surface area contributed by atoms with E-state index in [9.17, 15) is 4.79 Å². The number of nitrogens with two attached hydrogens (primary N) is 1. The molecule has 0 bridgehead atoms. The van der Waals surface area contributed by atoms with Crippen LogP contribution in [0.2, 0.25) is 0 Å². The number of anilines is 2. The van der Waals surface area contributed by atoms with Gasteiger partial charge >= 0.3 is 0 Å². The van der Waals surface area contributed by atoms with E-state index in [-0.39, 0.29) is 55.7 Å². The van der Waals surface area contributed by atoms with Crippen LogP contribution in [0.5, 0.6) is 0 Å². The summed E-state index contributed by atoms with van der Waals surface area (Å²) < 4.78 is 5.12. The van der Waals surface area contributed by atoms with Gasteiger partial charge in [0.15, 0.2) is 0 Å². The molecule has 1 saturated heterocycles. The predicted molar refractivity (Wildman–Crippen MR) is 118 cm³/mol. The molecule has 1 unspecified atom stereocenters. The summed E-state index contributed by atoms with van der Waals surface area (Å²) in [5, 5.41) is 2.78. The average molecular weight is 445 g/mol. The quantitative estimate of drug-likeness (QED) is 0.670. The van der Waals surface area contributed by atoms with Crippen molar-refractivity contribution >= 4 is 54.6 Å². The topological polar surface area (TPSA) is 83.7 Å². The first-order valence-corrected chi connectivity index (χ1v) is 8.43. The summed E-state index contributed by atoms with van der Waals surface area (Å²) in [7, 11) is 5.83. The van der Waals surface area contributed by atoms with E-state index in [0.717, 1.165) is 31.6 Å². The monoisotopic (exact) mass is 443 g/mol. The Morgan fingerprint density at radius 1 is 1.33 bits per heavy atom. The molecule has 2 heterocycles. The molecule has 2 rings (SSSR count). The number of hydrogen-bond acceptors (Lipinski definition) is 6. The van der Waals surface area contributed by atoms with E-state index in [1.54, 1.807) is 7.11 Å². The molecular formula is C17H32Cl3N5O2. The summed E-state index contributed by atoms with van der Waals surface area (Å²) in [6.07, 6.45) is 4.10. The van der Waals surface area contributed by atoms with Crippen molar-refractivity contribution < 1.29 is 9.53 Å². The number of nitrogens with one attached hydrogen (secondary N) is 1. The molecule has 158 valence electrons. The van der Waals surface area contributed by atoms with Crippen LogP contribution in [0.15, 0.2) is 18.3 Å². The van der Waals surface area contributed by atoms with Crippen molar-refractivity contribution in [3.63, 3.8) is 0 Å². The molecule has 0 saturated carbocycles. The Morgan fingerprint density at radius 2 is 1.96 bits per heavy atom. The minimum Gasteiger partial charge on any atom is -0.380 e. The number of carbonyl (C=O) groups is 1. The van der Waals surface area contributed by atoms with Crippen molar-refractivity contribution in [2.75, 3.05) is 51.1 Å².